The summed E-state index contributed by atoms with van der Waals surface area (Å²) in [5, 5.41) is 0. The zero-order valence-electron chi connectivity index (χ0n) is 16.2. The van der Waals surface area contributed by atoms with Crippen molar-refractivity contribution in [3.8, 4) is 22.3 Å². The molecule has 0 spiro atoms. The highest BCUT2D eigenvalue weighted by Gasteiger charge is 2.47. The first-order valence-corrected chi connectivity index (χ1v) is 9.00. The smallest absolute Gasteiger partial charge is 0.166 e. The molecule has 1 radical (unpaired) electrons. The SMILES string of the molecule is FC(F)(F)c1cccc(-c2[c]cccc2-c2cccc(C(F)(F)F)c2C(F)(F)F)c1C(F)(F)F. The summed E-state index contributed by atoms with van der Waals surface area (Å²) < 4.78 is 162. The van der Waals surface area contributed by atoms with E-state index in [1.807, 2.05) is 0 Å². The van der Waals surface area contributed by atoms with Crippen molar-refractivity contribution in [2.75, 3.05) is 0 Å². The Morgan fingerprint density at radius 1 is 0.441 bits per heavy atom. The summed E-state index contributed by atoms with van der Waals surface area (Å²) in [5.41, 5.74) is -12.7. The fraction of sp³-hybridized carbons (Fsp3) is 0.182. The van der Waals surface area contributed by atoms with Crippen LogP contribution in [0.25, 0.3) is 22.3 Å². The quantitative estimate of drug-likeness (QED) is 0.308. The molecule has 0 nitrogen and oxygen atoms in total. The maximum Gasteiger partial charge on any atom is 0.417 e. The van der Waals surface area contributed by atoms with Crippen molar-refractivity contribution in [3.63, 3.8) is 0 Å². The van der Waals surface area contributed by atoms with Crippen molar-refractivity contribution >= 4 is 0 Å². The molecule has 0 atom stereocenters. The minimum atomic E-state index is -5.61. The second-order valence-corrected chi connectivity index (χ2v) is 6.91. The van der Waals surface area contributed by atoms with Crippen LogP contribution in [0.5, 0.6) is 0 Å². The van der Waals surface area contributed by atoms with Crippen LogP contribution in [0.2, 0.25) is 0 Å². The monoisotopic (exact) mass is 501 g/mol. The van der Waals surface area contributed by atoms with Crippen LogP contribution in [0.3, 0.4) is 0 Å². The summed E-state index contributed by atoms with van der Waals surface area (Å²) in [6.07, 6.45) is -22.2. The number of benzene rings is 3. The molecule has 0 N–H and O–H groups in total. The number of rotatable bonds is 2. The molecule has 0 aromatic heterocycles. The van der Waals surface area contributed by atoms with Crippen molar-refractivity contribution in [1.82, 2.24) is 0 Å². The van der Waals surface area contributed by atoms with Gasteiger partial charge in [-0.15, -0.1) is 0 Å². The van der Waals surface area contributed by atoms with E-state index in [0.29, 0.717) is 24.3 Å². The summed E-state index contributed by atoms with van der Waals surface area (Å²) in [4.78, 5) is 0. The van der Waals surface area contributed by atoms with E-state index in [9.17, 15) is 52.7 Å². The molecule has 0 heterocycles. The van der Waals surface area contributed by atoms with E-state index in [2.05, 4.69) is 6.07 Å². The average Bonchev–Trinajstić information content (AvgIpc) is 2.70. The first kappa shape index (κ1) is 25.4. The Hall–Kier alpha value is -3.18. The van der Waals surface area contributed by atoms with Gasteiger partial charge in [0.2, 0.25) is 0 Å². The van der Waals surface area contributed by atoms with Crippen molar-refractivity contribution in [2.24, 2.45) is 0 Å². The zero-order chi connectivity index (χ0) is 25.7. The standard InChI is InChI=1S/C22H9F12/c23-19(24,25)15-9-3-7-13(17(15)21(29,30)31)11-5-1-2-6-12(11)14-8-4-10-16(20(26,27)28)18(14)22(32,33)34/h1-5,7-10H. The number of alkyl halides is 12. The van der Waals surface area contributed by atoms with Gasteiger partial charge in [0.25, 0.3) is 0 Å². The van der Waals surface area contributed by atoms with E-state index in [4.69, 9.17) is 0 Å². The third-order valence-electron chi connectivity index (χ3n) is 4.72. The molecule has 3 aromatic rings. The first-order valence-electron chi connectivity index (χ1n) is 9.00. The predicted molar refractivity (Wildman–Crippen MR) is 96.2 cm³/mol. The second kappa shape index (κ2) is 8.24. The Kier molecular flexibility index (Phi) is 6.17. The summed E-state index contributed by atoms with van der Waals surface area (Å²) in [6, 6.07) is 7.51. The summed E-state index contributed by atoms with van der Waals surface area (Å²) in [7, 11) is 0. The maximum absolute atomic E-state index is 13.7. The maximum atomic E-state index is 13.7. The van der Waals surface area contributed by atoms with E-state index in [1.165, 1.54) is 0 Å². The van der Waals surface area contributed by atoms with Gasteiger partial charge in [-0.2, -0.15) is 52.7 Å². The lowest BCUT2D eigenvalue weighted by Gasteiger charge is -2.23. The molecule has 0 aliphatic rings. The average molecular weight is 501 g/mol. The first-order chi connectivity index (χ1) is 15.4. The van der Waals surface area contributed by atoms with Crippen molar-refractivity contribution in [2.45, 2.75) is 24.7 Å². The molecule has 3 aromatic carbocycles. The molecule has 0 aliphatic heterocycles. The molecule has 0 bridgehead atoms. The molecule has 181 valence electrons. The molecular weight excluding hydrogens is 492 g/mol. The van der Waals surface area contributed by atoms with Gasteiger partial charge in [-0.1, -0.05) is 42.5 Å². The van der Waals surface area contributed by atoms with Crippen molar-refractivity contribution in [3.05, 3.63) is 82.9 Å². The minimum absolute atomic E-state index is 0.139. The van der Waals surface area contributed by atoms with Crippen LogP contribution in [-0.2, 0) is 24.7 Å². The molecule has 3 rings (SSSR count). The summed E-state index contributed by atoms with van der Waals surface area (Å²) in [5.74, 6) is 0. The second-order valence-electron chi connectivity index (χ2n) is 6.91. The molecule has 0 saturated heterocycles. The Bertz CT molecular complexity index is 1100. The highest BCUT2D eigenvalue weighted by atomic mass is 19.4. The van der Waals surface area contributed by atoms with Crippen LogP contribution in [-0.4, -0.2) is 0 Å². The largest absolute Gasteiger partial charge is 0.417 e. The van der Waals surface area contributed by atoms with Gasteiger partial charge in [-0.25, -0.2) is 0 Å². The molecule has 0 unspecified atom stereocenters. The Labute approximate surface area is 183 Å². The molecule has 34 heavy (non-hydrogen) atoms. The summed E-state index contributed by atoms with van der Waals surface area (Å²) >= 11 is 0. The van der Waals surface area contributed by atoms with Crippen LogP contribution in [0.4, 0.5) is 52.7 Å². The Balaban J connectivity index is 2.45. The number of halogens is 12. The molecule has 0 aliphatic carbocycles. The van der Waals surface area contributed by atoms with Crippen molar-refractivity contribution < 1.29 is 52.7 Å². The van der Waals surface area contributed by atoms with E-state index >= 15 is 0 Å². The van der Waals surface area contributed by atoms with Crippen LogP contribution in [0.15, 0.2) is 54.6 Å². The van der Waals surface area contributed by atoms with Gasteiger partial charge in [0.05, 0.1) is 22.3 Å². The summed E-state index contributed by atoms with van der Waals surface area (Å²) in [6.45, 7) is 0. The Morgan fingerprint density at radius 3 is 1.29 bits per heavy atom. The van der Waals surface area contributed by atoms with Gasteiger partial charge in [0.15, 0.2) is 0 Å². The van der Waals surface area contributed by atoms with E-state index < -0.39 is 69.2 Å². The predicted octanol–water partition coefficient (Wildman–Crippen LogP) is 8.90. The minimum Gasteiger partial charge on any atom is -0.166 e. The zero-order valence-corrected chi connectivity index (χ0v) is 16.2. The van der Waals surface area contributed by atoms with Gasteiger partial charge < -0.3 is 0 Å². The fourth-order valence-electron chi connectivity index (χ4n) is 3.50. The van der Waals surface area contributed by atoms with Crippen LogP contribution in [0.1, 0.15) is 22.3 Å². The number of hydrogen-bond donors (Lipinski definition) is 0. The van der Waals surface area contributed by atoms with Crippen LogP contribution >= 0.6 is 0 Å². The molecule has 12 heteroatoms. The lowest BCUT2D eigenvalue weighted by Crippen LogP contribution is -2.19. The third kappa shape index (κ3) is 4.85. The van der Waals surface area contributed by atoms with Crippen LogP contribution in [0, 0.1) is 6.07 Å². The van der Waals surface area contributed by atoms with Crippen LogP contribution < -0.4 is 0 Å². The highest BCUT2D eigenvalue weighted by Crippen LogP contribution is 2.49. The van der Waals surface area contributed by atoms with Gasteiger partial charge >= 0.3 is 24.7 Å². The molecular formula is C22H9F12. The molecule has 0 saturated carbocycles. The van der Waals surface area contributed by atoms with E-state index in [1.54, 1.807) is 0 Å². The van der Waals surface area contributed by atoms with E-state index in [0.717, 1.165) is 18.2 Å². The fourth-order valence-corrected chi connectivity index (χ4v) is 3.50. The van der Waals surface area contributed by atoms with Gasteiger partial charge in [0.1, 0.15) is 0 Å². The van der Waals surface area contributed by atoms with E-state index in [-0.39, 0.29) is 12.1 Å². The highest BCUT2D eigenvalue weighted by molar-refractivity contribution is 5.87. The van der Waals surface area contributed by atoms with Gasteiger partial charge in [-0.3, -0.25) is 0 Å². The van der Waals surface area contributed by atoms with Gasteiger partial charge in [0, 0.05) is 0 Å². The molecule has 0 fully saturated rings. The third-order valence-corrected chi connectivity index (χ3v) is 4.72. The van der Waals surface area contributed by atoms with Gasteiger partial charge in [-0.05, 0) is 40.5 Å². The Morgan fingerprint density at radius 2 is 0.853 bits per heavy atom. The lowest BCUT2D eigenvalue weighted by molar-refractivity contribution is -0.161. The van der Waals surface area contributed by atoms with Crippen molar-refractivity contribution in [1.29, 1.82) is 0 Å². The lowest BCUT2D eigenvalue weighted by atomic mass is 9.86. The normalized spacial score (nSPS) is 13.3. The molecule has 0 amide bonds. The topological polar surface area (TPSA) is 0 Å². The number of hydrogen-bond acceptors (Lipinski definition) is 0.